The van der Waals surface area contributed by atoms with Crippen LogP contribution in [-0.4, -0.2) is 33.0 Å². The molecule has 4 saturated carbocycles. The number of hydrogen-bond acceptors (Lipinski definition) is 4. The fraction of sp³-hybridized carbons (Fsp3) is 0.941. The van der Waals surface area contributed by atoms with Crippen molar-refractivity contribution in [2.24, 2.45) is 10.8 Å². The highest BCUT2D eigenvalue weighted by atomic mass is 16.6. The largest absolute Gasteiger partial charge is 0.458 e. The lowest BCUT2D eigenvalue weighted by molar-refractivity contribution is -0.284. The molecule has 0 radical (unpaired) electrons. The Bertz CT molecular complexity index is 428. The Hall–Kier alpha value is -0.610. The van der Waals surface area contributed by atoms with Gasteiger partial charge in [-0.1, -0.05) is 13.8 Å². The zero-order valence-corrected chi connectivity index (χ0v) is 13.7. The van der Waals surface area contributed by atoms with Crippen LogP contribution in [0.1, 0.15) is 72.6 Å². The highest BCUT2D eigenvalue weighted by Gasteiger charge is 2.68. The molecule has 120 valence electrons. The first-order chi connectivity index (χ1) is 9.43. The highest BCUT2D eigenvalue weighted by molar-refractivity contribution is 5.76. The molecule has 21 heavy (non-hydrogen) atoms. The molecule has 4 aliphatic rings. The van der Waals surface area contributed by atoms with Gasteiger partial charge in [-0.3, -0.25) is 4.79 Å². The minimum absolute atomic E-state index is 0.130. The summed E-state index contributed by atoms with van der Waals surface area (Å²) >= 11 is 0. The van der Waals surface area contributed by atoms with Gasteiger partial charge in [0.1, 0.15) is 5.60 Å². The first-order valence-corrected chi connectivity index (χ1v) is 8.11. The normalized spacial score (nSPS) is 48.5. The zero-order valence-electron chi connectivity index (χ0n) is 13.7. The van der Waals surface area contributed by atoms with Crippen molar-refractivity contribution in [1.29, 1.82) is 0 Å². The van der Waals surface area contributed by atoms with Crippen molar-refractivity contribution in [3.05, 3.63) is 0 Å². The minimum Gasteiger partial charge on any atom is -0.458 e. The summed E-state index contributed by atoms with van der Waals surface area (Å²) in [4.78, 5) is 12.5. The predicted molar refractivity (Wildman–Crippen MR) is 78.6 cm³/mol. The number of carbonyl (C=O) groups is 1. The topological polar surface area (TPSA) is 66.8 Å². The Morgan fingerprint density at radius 3 is 2.00 bits per heavy atom. The number of aliphatic hydroxyl groups is 2. The van der Waals surface area contributed by atoms with E-state index in [-0.39, 0.29) is 11.4 Å². The van der Waals surface area contributed by atoms with Crippen LogP contribution in [0.25, 0.3) is 0 Å². The molecule has 4 rings (SSSR count). The first kappa shape index (κ1) is 15.3. The van der Waals surface area contributed by atoms with Gasteiger partial charge in [0, 0.05) is 19.3 Å². The fourth-order valence-electron chi connectivity index (χ4n) is 5.52. The molecule has 0 aliphatic heterocycles. The number of carbonyl (C=O) groups excluding carboxylic acids is 1. The van der Waals surface area contributed by atoms with E-state index >= 15 is 0 Å². The Kier molecular flexibility index (Phi) is 2.93. The van der Waals surface area contributed by atoms with Gasteiger partial charge in [0.2, 0.25) is 0 Å². The van der Waals surface area contributed by atoms with Gasteiger partial charge in [-0.25, -0.2) is 0 Å². The fourth-order valence-corrected chi connectivity index (χ4v) is 5.52. The van der Waals surface area contributed by atoms with E-state index in [0.717, 1.165) is 6.42 Å². The second kappa shape index (κ2) is 4.02. The molecular weight excluding hydrogens is 268 g/mol. The predicted octanol–water partition coefficient (Wildman–Crippen LogP) is 2.55. The van der Waals surface area contributed by atoms with Gasteiger partial charge < -0.3 is 14.9 Å². The van der Waals surface area contributed by atoms with Crippen molar-refractivity contribution >= 4 is 5.97 Å². The molecule has 2 N–H and O–H groups in total. The van der Waals surface area contributed by atoms with Gasteiger partial charge >= 0.3 is 5.97 Å². The molecule has 0 saturated heterocycles. The van der Waals surface area contributed by atoms with Crippen molar-refractivity contribution in [1.82, 2.24) is 0 Å². The summed E-state index contributed by atoms with van der Waals surface area (Å²) in [7, 11) is 0. The summed E-state index contributed by atoms with van der Waals surface area (Å²) < 4.78 is 5.94. The quantitative estimate of drug-likeness (QED) is 0.786. The Balaban J connectivity index is 1.90. The molecule has 4 fully saturated rings. The van der Waals surface area contributed by atoms with E-state index in [1.165, 1.54) is 0 Å². The molecule has 4 aliphatic carbocycles. The van der Waals surface area contributed by atoms with Gasteiger partial charge in [0.05, 0.1) is 16.6 Å². The zero-order chi connectivity index (χ0) is 15.7. The SMILES string of the molecule is CCC(C)(C)C(=O)OC12CC3(C)CC(O)(CC(O)(C3)C1)C2. The molecule has 4 nitrogen and oxygen atoms in total. The maximum Gasteiger partial charge on any atom is 0.312 e. The summed E-state index contributed by atoms with van der Waals surface area (Å²) in [6.07, 6.45) is 4.26. The molecular formula is C17H28O4. The summed E-state index contributed by atoms with van der Waals surface area (Å²) in [5.74, 6) is -0.206. The lowest BCUT2D eigenvalue weighted by atomic mass is 9.45. The Labute approximate surface area is 126 Å². The lowest BCUT2D eigenvalue weighted by Crippen LogP contribution is -2.70. The first-order valence-electron chi connectivity index (χ1n) is 8.11. The minimum atomic E-state index is -0.880. The summed E-state index contributed by atoms with van der Waals surface area (Å²) in [5, 5.41) is 21.6. The Morgan fingerprint density at radius 1 is 1.05 bits per heavy atom. The van der Waals surface area contributed by atoms with Crippen LogP contribution in [0, 0.1) is 10.8 Å². The number of ether oxygens (including phenoxy) is 1. The van der Waals surface area contributed by atoms with E-state index in [2.05, 4.69) is 6.92 Å². The molecule has 0 aromatic carbocycles. The van der Waals surface area contributed by atoms with Crippen LogP contribution in [0.4, 0.5) is 0 Å². The van der Waals surface area contributed by atoms with Crippen LogP contribution < -0.4 is 0 Å². The average molecular weight is 296 g/mol. The van der Waals surface area contributed by atoms with E-state index in [1.54, 1.807) is 0 Å². The molecule has 0 spiro atoms. The van der Waals surface area contributed by atoms with Crippen LogP contribution in [0.5, 0.6) is 0 Å². The maximum atomic E-state index is 12.5. The van der Waals surface area contributed by atoms with E-state index in [1.807, 2.05) is 20.8 Å². The number of esters is 1. The Morgan fingerprint density at radius 2 is 1.57 bits per heavy atom. The maximum absolute atomic E-state index is 12.5. The van der Waals surface area contributed by atoms with Crippen molar-refractivity contribution in [2.75, 3.05) is 0 Å². The second-order valence-electron chi connectivity index (χ2n) is 9.13. The molecule has 0 heterocycles. The van der Waals surface area contributed by atoms with Gasteiger partial charge in [-0.15, -0.1) is 0 Å². The van der Waals surface area contributed by atoms with Crippen molar-refractivity contribution in [3.63, 3.8) is 0 Å². The third-order valence-corrected chi connectivity index (χ3v) is 5.97. The molecule has 0 aromatic rings. The van der Waals surface area contributed by atoms with Crippen LogP contribution >= 0.6 is 0 Å². The summed E-state index contributed by atoms with van der Waals surface area (Å²) in [5.41, 5.74) is -3.09. The van der Waals surface area contributed by atoms with E-state index in [4.69, 9.17) is 4.74 Å². The molecule has 0 amide bonds. The van der Waals surface area contributed by atoms with Crippen molar-refractivity contribution < 1.29 is 19.7 Å². The third-order valence-electron chi connectivity index (χ3n) is 5.97. The van der Waals surface area contributed by atoms with Gasteiger partial charge in [0.15, 0.2) is 0 Å². The van der Waals surface area contributed by atoms with E-state index in [0.29, 0.717) is 38.5 Å². The molecule has 4 heteroatoms. The lowest BCUT2D eigenvalue weighted by Gasteiger charge is -2.66. The second-order valence-corrected chi connectivity index (χ2v) is 9.13. The monoisotopic (exact) mass is 296 g/mol. The number of rotatable bonds is 3. The van der Waals surface area contributed by atoms with Gasteiger partial charge in [-0.2, -0.15) is 0 Å². The number of hydrogen-bond donors (Lipinski definition) is 2. The average Bonchev–Trinajstić information content (AvgIpc) is 2.21. The van der Waals surface area contributed by atoms with Gasteiger partial charge in [-0.05, 0) is 44.9 Å². The highest BCUT2D eigenvalue weighted by Crippen LogP contribution is 2.65. The third kappa shape index (κ3) is 2.40. The van der Waals surface area contributed by atoms with Crippen LogP contribution in [0.3, 0.4) is 0 Å². The van der Waals surface area contributed by atoms with Crippen LogP contribution in [0.15, 0.2) is 0 Å². The standard InChI is InChI=1S/C17H28O4/c1-5-13(2,3)12(18)21-17-8-14(4)6-15(19,10-17)9-16(20,7-14)11-17/h19-20H,5-11H2,1-4H3. The van der Waals surface area contributed by atoms with E-state index < -0.39 is 22.2 Å². The smallest absolute Gasteiger partial charge is 0.312 e. The molecule has 0 aromatic heterocycles. The van der Waals surface area contributed by atoms with Crippen LogP contribution in [0.2, 0.25) is 0 Å². The molecule has 4 bridgehead atoms. The van der Waals surface area contributed by atoms with Crippen molar-refractivity contribution in [3.8, 4) is 0 Å². The molecule has 2 atom stereocenters. The van der Waals surface area contributed by atoms with E-state index in [9.17, 15) is 15.0 Å². The summed E-state index contributed by atoms with van der Waals surface area (Å²) in [6.45, 7) is 7.86. The van der Waals surface area contributed by atoms with Crippen molar-refractivity contribution in [2.45, 2.75) is 89.4 Å². The summed E-state index contributed by atoms with van der Waals surface area (Å²) in [6, 6.07) is 0. The van der Waals surface area contributed by atoms with Crippen LogP contribution in [-0.2, 0) is 9.53 Å². The molecule has 2 unspecified atom stereocenters. The van der Waals surface area contributed by atoms with Gasteiger partial charge in [0.25, 0.3) is 0 Å².